The zero-order valence-corrected chi connectivity index (χ0v) is 12.1. The second kappa shape index (κ2) is 6.14. The molecule has 0 spiro atoms. The minimum absolute atomic E-state index is 0.0252. The normalized spacial score (nSPS) is 13.6. The van der Waals surface area contributed by atoms with Gasteiger partial charge in [-0.2, -0.15) is 0 Å². The first-order valence-electron chi connectivity index (χ1n) is 6.58. The summed E-state index contributed by atoms with van der Waals surface area (Å²) in [5.41, 5.74) is -0.226. The summed E-state index contributed by atoms with van der Waals surface area (Å²) in [4.78, 5) is 16.7. The first-order chi connectivity index (χ1) is 8.41. The van der Waals surface area contributed by atoms with Crippen molar-refractivity contribution in [1.29, 1.82) is 0 Å². The number of carbonyl (C=O) groups excluding carboxylic acids is 1. The van der Waals surface area contributed by atoms with Gasteiger partial charge in [-0.1, -0.05) is 27.7 Å². The Morgan fingerprint density at radius 3 is 2.61 bits per heavy atom. The van der Waals surface area contributed by atoms with Crippen molar-refractivity contribution in [2.45, 2.75) is 53.7 Å². The molecule has 0 N–H and O–H groups in total. The Balaban J connectivity index is 2.98. The molecule has 0 saturated heterocycles. The summed E-state index contributed by atoms with van der Waals surface area (Å²) in [5.74, 6) is 0.480. The van der Waals surface area contributed by atoms with E-state index in [1.54, 1.807) is 6.20 Å². The van der Waals surface area contributed by atoms with Crippen LogP contribution >= 0.6 is 0 Å². The van der Waals surface area contributed by atoms with Crippen LogP contribution in [0.4, 0.5) is 0 Å². The SMILES string of the molecule is CCCn1ccnc1C(=O)C(OCC)C(C)(C)C. The molecule has 0 bridgehead atoms. The lowest BCUT2D eigenvalue weighted by atomic mass is 9.86. The van der Waals surface area contributed by atoms with Crippen LogP contribution in [0.1, 0.15) is 51.7 Å². The maximum absolute atomic E-state index is 12.5. The number of imidazole rings is 1. The van der Waals surface area contributed by atoms with Gasteiger partial charge in [0.05, 0.1) is 0 Å². The zero-order valence-electron chi connectivity index (χ0n) is 12.1. The smallest absolute Gasteiger partial charge is 0.227 e. The van der Waals surface area contributed by atoms with Gasteiger partial charge in [0.15, 0.2) is 5.82 Å². The molecule has 0 aliphatic carbocycles. The van der Waals surface area contributed by atoms with E-state index in [1.807, 2.05) is 38.5 Å². The van der Waals surface area contributed by atoms with Crippen molar-refractivity contribution >= 4 is 5.78 Å². The van der Waals surface area contributed by atoms with E-state index in [1.165, 1.54) is 0 Å². The highest BCUT2D eigenvalue weighted by molar-refractivity contribution is 5.97. The summed E-state index contributed by atoms with van der Waals surface area (Å²) < 4.78 is 7.53. The minimum atomic E-state index is -0.444. The van der Waals surface area contributed by atoms with Gasteiger partial charge in [-0.05, 0) is 18.8 Å². The van der Waals surface area contributed by atoms with Gasteiger partial charge in [0.2, 0.25) is 5.78 Å². The molecule has 1 atom stereocenters. The molecule has 4 heteroatoms. The fourth-order valence-electron chi connectivity index (χ4n) is 1.96. The number of rotatable bonds is 6. The number of hydrogen-bond donors (Lipinski definition) is 0. The van der Waals surface area contributed by atoms with Gasteiger partial charge < -0.3 is 9.30 Å². The Labute approximate surface area is 109 Å². The van der Waals surface area contributed by atoms with Crippen molar-refractivity contribution in [2.75, 3.05) is 6.61 Å². The Bertz CT molecular complexity index is 391. The van der Waals surface area contributed by atoms with E-state index >= 15 is 0 Å². The molecule has 4 nitrogen and oxygen atoms in total. The van der Waals surface area contributed by atoms with Gasteiger partial charge in [-0.3, -0.25) is 4.79 Å². The largest absolute Gasteiger partial charge is 0.370 e. The molecule has 0 aliphatic rings. The second-order valence-corrected chi connectivity index (χ2v) is 5.51. The van der Waals surface area contributed by atoms with E-state index < -0.39 is 6.10 Å². The number of carbonyl (C=O) groups is 1. The highest BCUT2D eigenvalue weighted by atomic mass is 16.5. The molecule has 1 unspecified atom stereocenters. The molecule has 0 aliphatic heterocycles. The van der Waals surface area contributed by atoms with Gasteiger partial charge >= 0.3 is 0 Å². The average Bonchev–Trinajstić information content (AvgIpc) is 2.72. The van der Waals surface area contributed by atoms with Crippen molar-refractivity contribution < 1.29 is 9.53 Å². The van der Waals surface area contributed by atoms with Gasteiger partial charge in [-0.25, -0.2) is 4.98 Å². The summed E-state index contributed by atoms with van der Waals surface area (Å²) in [5, 5.41) is 0. The second-order valence-electron chi connectivity index (χ2n) is 5.51. The number of ether oxygens (including phenoxy) is 1. The highest BCUT2D eigenvalue weighted by Crippen LogP contribution is 2.25. The van der Waals surface area contributed by atoms with Crippen LogP contribution in [-0.2, 0) is 11.3 Å². The van der Waals surface area contributed by atoms with E-state index in [0.29, 0.717) is 12.4 Å². The number of Topliss-reactive ketones (excluding diaryl/α,β-unsaturated/α-hetero) is 1. The van der Waals surface area contributed by atoms with Crippen LogP contribution in [-0.4, -0.2) is 28.0 Å². The summed E-state index contributed by atoms with van der Waals surface area (Å²) in [6.07, 6.45) is 4.06. The lowest BCUT2D eigenvalue weighted by Gasteiger charge is -2.28. The van der Waals surface area contributed by atoms with Crippen LogP contribution in [0, 0.1) is 5.41 Å². The molecule has 0 radical (unpaired) electrons. The maximum Gasteiger partial charge on any atom is 0.227 e. The Morgan fingerprint density at radius 2 is 2.11 bits per heavy atom. The van der Waals surface area contributed by atoms with Gasteiger partial charge in [0, 0.05) is 25.5 Å². The van der Waals surface area contributed by atoms with E-state index in [4.69, 9.17) is 4.74 Å². The van der Waals surface area contributed by atoms with Crippen LogP contribution in [0.3, 0.4) is 0 Å². The van der Waals surface area contributed by atoms with Crippen molar-refractivity contribution in [3.63, 3.8) is 0 Å². The van der Waals surface area contributed by atoms with E-state index in [-0.39, 0.29) is 11.2 Å². The predicted molar refractivity (Wildman–Crippen MR) is 71.7 cm³/mol. The number of hydrogen-bond acceptors (Lipinski definition) is 3. The molecule has 1 rings (SSSR count). The first-order valence-corrected chi connectivity index (χ1v) is 6.58. The number of aryl methyl sites for hydroxylation is 1. The number of ketones is 1. The fourth-order valence-corrected chi connectivity index (χ4v) is 1.96. The third-order valence-corrected chi connectivity index (χ3v) is 2.76. The summed E-state index contributed by atoms with van der Waals surface area (Å²) in [6, 6.07) is 0. The molecule has 102 valence electrons. The summed E-state index contributed by atoms with van der Waals surface area (Å²) in [7, 11) is 0. The topological polar surface area (TPSA) is 44.1 Å². The maximum atomic E-state index is 12.5. The average molecular weight is 252 g/mol. The number of nitrogens with zero attached hydrogens (tertiary/aromatic N) is 2. The van der Waals surface area contributed by atoms with Crippen LogP contribution in [0.25, 0.3) is 0 Å². The monoisotopic (exact) mass is 252 g/mol. The van der Waals surface area contributed by atoms with E-state index in [0.717, 1.165) is 13.0 Å². The van der Waals surface area contributed by atoms with Crippen LogP contribution in [0.5, 0.6) is 0 Å². The van der Waals surface area contributed by atoms with E-state index in [9.17, 15) is 4.79 Å². The molecule has 0 fully saturated rings. The third-order valence-electron chi connectivity index (χ3n) is 2.76. The Hall–Kier alpha value is -1.16. The molecule has 0 amide bonds. The van der Waals surface area contributed by atoms with Gasteiger partial charge in [-0.15, -0.1) is 0 Å². The third kappa shape index (κ3) is 3.42. The molecule has 1 aromatic heterocycles. The Morgan fingerprint density at radius 1 is 1.44 bits per heavy atom. The molecule has 1 aromatic rings. The quantitative estimate of drug-likeness (QED) is 0.731. The lowest BCUT2D eigenvalue weighted by molar-refractivity contribution is -0.00122. The van der Waals surface area contributed by atoms with Gasteiger partial charge in [0.1, 0.15) is 6.10 Å². The van der Waals surface area contributed by atoms with Crippen molar-refractivity contribution in [3.05, 3.63) is 18.2 Å². The predicted octanol–water partition coefficient (Wildman–Crippen LogP) is 2.93. The van der Waals surface area contributed by atoms with E-state index in [2.05, 4.69) is 11.9 Å². The Kier molecular flexibility index (Phi) is 5.08. The van der Waals surface area contributed by atoms with Crippen LogP contribution in [0.15, 0.2) is 12.4 Å². The van der Waals surface area contributed by atoms with Crippen molar-refractivity contribution in [2.24, 2.45) is 5.41 Å². The summed E-state index contributed by atoms with van der Waals surface area (Å²) >= 11 is 0. The minimum Gasteiger partial charge on any atom is -0.370 e. The van der Waals surface area contributed by atoms with Crippen LogP contribution < -0.4 is 0 Å². The summed E-state index contributed by atoms with van der Waals surface area (Å²) in [6.45, 7) is 11.4. The number of aromatic nitrogens is 2. The molecule has 1 heterocycles. The fraction of sp³-hybridized carbons (Fsp3) is 0.714. The molecular formula is C14H24N2O2. The van der Waals surface area contributed by atoms with Crippen molar-refractivity contribution in [1.82, 2.24) is 9.55 Å². The molecule has 0 saturated carbocycles. The zero-order chi connectivity index (χ0) is 13.8. The highest BCUT2D eigenvalue weighted by Gasteiger charge is 2.34. The molecule has 0 aromatic carbocycles. The lowest BCUT2D eigenvalue weighted by Crippen LogP contribution is -2.38. The molecular weight excluding hydrogens is 228 g/mol. The molecule has 18 heavy (non-hydrogen) atoms. The standard InChI is InChI=1S/C14H24N2O2/c1-6-9-16-10-8-15-13(16)11(17)12(18-7-2)14(3,4)5/h8,10,12H,6-7,9H2,1-5H3. The van der Waals surface area contributed by atoms with Crippen LogP contribution in [0.2, 0.25) is 0 Å². The van der Waals surface area contributed by atoms with Gasteiger partial charge in [0.25, 0.3) is 0 Å². The van der Waals surface area contributed by atoms with Crippen molar-refractivity contribution in [3.8, 4) is 0 Å². The first kappa shape index (κ1) is 14.9.